The zero-order chi connectivity index (χ0) is 18.4. The molecule has 0 saturated carbocycles. The quantitative estimate of drug-likeness (QED) is 0.454. The Morgan fingerprint density at radius 2 is 1.85 bits per heavy atom. The van der Waals surface area contributed by atoms with Gasteiger partial charge >= 0.3 is 5.69 Å². The fourth-order valence-corrected chi connectivity index (χ4v) is 2.99. The monoisotopic (exact) mass is 358 g/mol. The number of aromatic nitrogens is 2. The maximum absolute atomic E-state index is 11.6. The number of nitrogens with one attached hydrogen (secondary N) is 1. The number of nitro groups is 1. The third-order valence-electron chi connectivity index (χ3n) is 4.28. The maximum Gasteiger partial charge on any atom is 0.353 e. The Morgan fingerprint density at radius 3 is 2.50 bits per heavy atom. The molecule has 0 radical (unpaired) electrons. The van der Waals surface area contributed by atoms with E-state index in [1.807, 2.05) is 23.1 Å². The number of ether oxygens (including phenoxy) is 1. The molecule has 1 N–H and O–H groups in total. The van der Waals surface area contributed by atoms with Gasteiger partial charge in [0.2, 0.25) is 11.6 Å². The smallest absolute Gasteiger partial charge is 0.353 e. The lowest BCUT2D eigenvalue weighted by atomic mass is 10.2. The van der Waals surface area contributed by atoms with Gasteiger partial charge in [-0.3, -0.25) is 10.1 Å². The summed E-state index contributed by atoms with van der Waals surface area (Å²) in [5, 5.41) is 14.6. The predicted octanol–water partition coefficient (Wildman–Crippen LogP) is 1.77. The first-order valence-electron chi connectivity index (χ1n) is 8.48. The first-order chi connectivity index (χ1) is 12.7. The summed E-state index contributed by atoms with van der Waals surface area (Å²) in [5.41, 5.74) is 1.07. The molecule has 0 atom stereocenters. The second-order valence-electron chi connectivity index (χ2n) is 5.88. The number of benzene rings is 1. The van der Waals surface area contributed by atoms with Gasteiger partial charge in [0, 0.05) is 45.5 Å². The number of piperazine rings is 1. The van der Waals surface area contributed by atoms with Gasteiger partial charge in [-0.25, -0.2) is 9.97 Å². The average Bonchev–Trinajstić information content (AvgIpc) is 2.68. The lowest BCUT2D eigenvalue weighted by Crippen LogP contribution is -2.47. The molecule has 26 heavy (non-hydrogen) atoms. The van der Waals surface area contributed by atoms with Crippen LogP contribution in [0.3, 0.4) is 0 Å². The Hall–Kier alpha value is -2.94. The van der Waals surface area contributed by atoms with E-state index in [9.17, 15) is 10.1 Å². The highest BCUT2D eigenvalue weighted by atomic mass is 16.6. The van der Waals surface area contributed by atoms with Crippen LogP contribution in [-0.4, -0.2) is 61.3 Å². The second-order valence-corrected chi connectivity index (χ2v) is 5.88. The number of anilines is 3. The molecule has 2 aromatic rings. The second kappa shape index (κ2) is 8.43. The molecule has 0 unspecified atom stereocenters. The van der Waals surface area contributed by atoms with Gasteiger partial charge < -0.3 is 19.9 Å². The fourth-order valence-electron chi connectivity index (χ4n) is 2.99. The number of hydrogen-bond acceptors (Lipinski definition) is 8. The molecular formula is C17H22N6O3. The van der Waals surface area contributed by atoms with Crippen molar-refractivity contribution in [2.24, 2.45) is 0 Å². The van der Waals surface area contributed by atoms with E-state index in [4.69, 9.17) is 4.74 Å². The van der Waals surface area contributed by atoms with Crippen molar-refractivity contribution >= 4 is 23.0 Å². The molecule has 3 rings (SSSR count). The topological polar surface area (TPSA) is 96.7 Å². The standard InChI is InChI=1S/C17H22N6O3/c1-26-12-7-18-16-15(23(24)25)17(20-13-19-16)22-10-8-21(9-11-22)14-5-3-2-4-6-14/h2-6,13H,7-12H2,1H3,(H,18,19,20). The maximum atomic E-state index is 11.6. The van der Waals surface area contributed by atoms with Crippen molar-refractivity contribution in [1.82, 2.24) is 9.97 Å². The van der Waals surface area contributed by atoms with Crippen molar-refractivity contribution < 1.29 is 9.66 Å². The highest BCUT2D eigenvalue weighted by Gasteiger charge is 2.29. The highest BCUT2D eigenvalue weighted by molar-refractivity contribution is 5.70. The van der Waals surface area contributed by atoms with Crippen LogP contribution in [-0.2, 0) is 4.74 Å². The Balaban J connectivity index is 1.75. The van der Waals surface area contributed by atoms with Crippen LogP contribution in [0.25, 0.3) is 0 Å². The van der Waals surface area contributed by atoms with Crippen LogP contribution in [0.15, 0.2) is 36.7 Å². The van der Waals surface area contributed by atoms with Crippen LogP contribution >= 0.6 is 0 Å². The SMILES string of the molecule is COCCNc1ncnc(N2CCN(c3ccccc3)CC2)c1[N+](=O)[O-]. The van der Waals surface area contributed by atoms with Crippen LogP contribution in [0, 0.1) is 10.1 Å². The van der Waals surface area contributed by atoms with Crippen LogP contribution < -0.4 is 15.1 Å². The minimum atomic E-state index is -0.423. The highest BCUT2D eigenvalue weighted by Crippen LogP contribution is 2.32. The Bertz CT molecular complexity index is 735. The molecule has 1 aliphatic rings. The third-order valence-corrected chi connectivity index (χ3v) is 4.28. The van der Waals surface area contributed by atoms with Crippen LogP contribution in [0.5, 0.6) is 0 Å². The first-order valence-corrected chi connectivity index (χ1v) is 8.48. The van der Waals surface area contributed by atoms with Gasteiger partial charge in [0.1, 0.15) is 6.33 Å². The summed E-state index contributed by atoms with van der Waals surface area (Å²) < 4.78 is 4.97. The summed E-state index contributed by atoms with van der Waals surface area (Å²) >= 11 is 0. The molecular weight excluding hydrogens is 336 g/mol. The summed E-state index contributed by atoms with van der Waals surface area (Å²) in [6.07, 6.45) is 1.36. The van der Waals surface area contributed by atoms with E-state index in [-0.39, 0.29) is 11.5 Å². The van der Waals surface area contributed by atoms with Crippen molar-refractivity contribution in [3.05, 3.63) is 46.8 Å². The molecule has 0 spiro atoms. The number of hydrogen-bond donors (Lipinski definition) is 1. The average molecular weight is 358 g/mol. The van der Waals surface area contributed by atoms with Crippen molar-refractivity contribution in [2.45, 2.75) is 0 Å². The summed E-state index contributed by atoms with van der Waals surface area (Å²) in [4.78, 5) is 23.6. The van der Waals surface area contributed by atoms with Gasteiger partial charge in [0.15, 0.2) is 0 Å². The summed E-state index contributed by atoms with van der Waals surface area (Å²) in [5.74, 6) is 0.583. The molecule has 138 valence electrons. The van der Waals surface area contributed by atoms with Gasteiger partial charge in [0.25, 0.3) is 0 Å². The van der Waals surface area contributed by atoms with Crippen molar-refractivity contribution in [3.8, 4) is 0 Å². The van der Waals surface area contributed by atoms with Gasteiger partial charge in [0.05, 0.1) is 11.5 Å². The Morgan fingerprint density at radius 1 is 1.15 bits per heavy atom. The lowest BCUT2D eigenvalue weighted by Gasteiger charge is -2.36. The molecule has 1 saturated heterocycles. The number of nitrogens with zero attached hydrogens (tertiary/aromatic N) is 5. The van der Waals surface area contributed by atoms with Crippen molar-refractivity contribution in [3.63, 3.8) is 0 Å². The van der Waals surface area contributed by atoms with Gasteiger partial charge in [-0.1, -0.05) is 18.2 Å². The molecule has 0 amide bonds. The molecule has 9 nitrogen and oxygen atoms in total. The molecule has 1 aromatic carbocycles. The summed E-state index contributed by atoms with van der Waals surface area (Å²) in [7, 11) is 1.58. The number of para-hydroxylation sites is 1. The minimum absolute atomic E-state index is 0.0863. The van der Waals surface area contributed by atoms with E-state index in [1.54, 1.807) is 7.11 Å². The zero-order valence-electron chi connectivity index (χ0n) is 14.7. The van der Waals surface area contributed by atoms with Crippen molar-refractivity contribution in [2.75, 3.05) is 61.6 Å². The molecule has 1 aromatic heterocycles. The molecule has 0 bridgehead atoms. The predicted molar refractivity (Wildman–Crippen MR) is 99.9 cm³/mol. The fraction of sp³-hybridized carbons (Fsp3) is 0.412. The Labute approximate surface area is 151 Å². The largest absolute Gasteiger partial charge is 0.383 e. The van der Waals surface area contributed by atoms with Crippen LogP contribution in [0.1, 0.15) is 0 Å². The van der Waals surface area contributed by atoms with Gasteiger partial charge in [-0.05, 0) is 12.1 Å². The summed E-state index contributed by atoms with van der Waals surface area (Å²) in [6.45, 7) is 3.74. The van der Waals surface area contributed by atoms with E-state index in [2.05, 4.69) is 32.3 Å². The third kappa shape index (κ3) is 3.99. The number of rotatable bonds is 7. The molecule has 0 aliphatic carbocycles. The van der Waals surface area contributed by atoms with Crippen molar-refractivity contribution in [1.29, 1.82) is 0 Å². The van der Waals surface area contributed by atoms with E-state index in [1.165, 1.54) is 6.33 Å². The van der Waals surface area contributed by atoms with E-state index < -0.39 is 4.92 Å². The molecule has 1 aliphatic heterocycles. The van der Waals surface area contributed by atoms with Crippen LogP contribution in [0.2, 0.25) is 0 Å². The molecule has 1 fully saturated rings. The van der Waals surface area contributed by atoms with Gasteiger partial charge in [-0.15, -0.1) is 0 Å². The lowest BCUT2D eigenvalue weighted by molar-refractivity contribution is -0.383. The molecule has 9 heteroatoms. The number of methoxy groups -OCH3 is 1. The zero-order valence-corrected chi connectivity index (χ0v) is 14.7. The first kappa shape index (κ1) is 17.9. The molecule has 2 heterocycles. The Kier molecular flexibility index (Phi) is 5.80. The van der Waals surface area contributed by atoms with E-state index >= 15 is 0 Å². The minimum Gasteiger partial charge on any atom is -0.383 e. The normalized spacial score (nSPS) is 14.3. The van der Waals surface area contributed by atoms with E-state index in [0.29, 0.717) is 32.1 Å². The van der Waals surface area contributed by atoms with Crippen LogP contribution in [0.4, 0.5) is 23.0 Å². The van der Waals surface area contributed by atoms with Gasteiger partial charge in [-0.2, -0.15) is 0 Å². The van der Waals surface area contributed by atoms with E-state index in [0.717, 1.165) is 18.8 Å². The summed E-state index contributed by atoms with van der Waals surface area (Å²) in [6, 6.07) is 10.1.